The van der Waals surface area contributed by atoms with Crippen LogP contribution in [0.3, 0.4) is 0 Å². The number of halogens is 4. The smallest absolute Gasteiger partial charge is 0.266 e. The van der Waals surface area contributed by atoms with Crippen LogP contribution in [-0.2, 0) is 17.0 Å². The summed E-state index contributed by atoms with van der Waals surface area (Å²) in [7, 11) is 1.33. The van der Waals surface area contributed by atoms with Crippen LogP contribution in [0.4, 0.5) is 17.6 Å². The molecular weight excluding hydrogens is 414 g/mol. The lowest BCUT2D eigenvalue weighted by molar-refractivity contribution is -0.129. The van der Waals surface area contributed by atoms with Gasteiger partial charge in [-0.1, -0.05) is 0 Å². The van der Waals surface area contributed by atoms with Crippen LogP contribution >= 0.6 is 0 Å². The summed E-state index contributed by atoms with van der Waals surface area (Å²) in [5.74, 6) is -4.14. The predicted molar refractivity (Wildman–Crippen MR) is 104 cm³/mol. The van der Waals surface area contributed by atoms with Crippen molar-refractivity contribution in [3.63, 3.8) is 0 Å². The molecule has 158 valence electrons. The van der Waals surface area contributed by atoms with Crippen molar-refractivity contribution >= 4 is 11.9 Å². The zero-order valence-electron chi connectivity index (χ0n) is 16.1. The van der Waals surface area contributed by atoms with E-state index in [4.69, 9.17) is 5.73 Å². The van der Waals surface area contributed by atoms with Crippen LogP contribution in [-0.4, -0.2) is 33.8 Å². The molecule has 0 radical (unpaired) electrons. The molecule has 3 aromatic rings. The van der Waals surface area contributed by atoms with Gasteiger partial charge in [-0.15, -0.1) is 0 Å². The van der Waals surface area contributed by atoms with E-state index < -0.39 is 35.7 Å². The van der Waals surface area contributed by atoms with Crippen molar-refractivity contribution in [1.82, 2.24) is 14.9 Å². The molecule has 1 atom stereocenters. The molecule has 2 aromatic heterocycles. The van der Waals surface area contributed by atoms with Gasteiger partial charge in [-0.05, 0) is 24.3 Å². The number of carbonyl (C=O) groups is 1. The summed E-state index contributed by atoms with van der Waals surface area (Å²) in [5.41, 5.74) is 2.94. The average molecular weight is 429 g/mol. The molecule has 10 heteroatoms. The number of hydrogen-bond acceptors (Lipinski definition) is 5. The molecule has 0 spiro atoms. The normalized spacial score (nSPS) is 18.4. The topological polar surface area (TPSA) is 84.5 Å². The van der Waals surface area contributed by atoms with Gasteiger partial charge < -0.3 is 5.73 Å². The third kappa shape index (κ3) is 3.11. The Kier molecular flexibility index (Phi) is 4.92. The molecule has 1 unspecified atom stereocenters. The first-order valence-corrected chi connectivity index (χ1v) is 9.04. The Hall–Kier alpha value is -3.82. The molecule has 1 aromatic carbocycles. The number of hydrogen-bond donors (Lipinski definition) is 1. The van der Waals surface area contributed by atoms with Gasteiger partial charge in [0.15, 0.2) is 11.5 Å². The third-order valence-corrected chi connectivity index (χ3v) is 5.10. The zero-order chi connectivity index (χ0) is 22.3. The fourth-order valence-corrected chi connectivity index (χ4v) is 3.54. The molecule has 0 aliphatic carbocycles. The number of nitrogens with zero attached hydrogens (tertiary/aromatic N) is 4. The molecule has 0 saturated carbocycles. The predicted octanol–water partition coefficient (Wildman–Crippen LogP) is 3.06. The lowest BCUT2D eigenvalue weighted by Gasteiger charge is -2.27. The minimum absolute atomic E-state index is 0.0306. The maximum Gasteiger partial charge on any atom is 0.266 e. The molecule has 0 fully saturated rings. The van der Waals surface area contributed by atoms with E-state index in [9.17, 15) is 18.0 Å². The molecule has 1 aliphatic heterocycles. The van der Waals surface area contributed by atoms with Crippen molar-refractivity contribution in [2.75, 3.05) is 7.05 Å². The van der Waals surface area contributed by atoms with Crippen LogP contribution in [0.2, 0.25) is 0 Å². The van der Waals surface area contributed by atoms with E-state index in [1.165, 1.54) is 43.8 Å². The maximum atomic E-state index is 15.1. The number of likely N-dealkylation sites (N-methyl/N-ethyl adjacent to an activating group) is 1. The summed E-state index contributed by atoms with van der Waals surface area (Å²) < 4.78 is 57.2. The number of benzene rings is 1. The molecule has 2 N–H and O–H groups in total. The lowest BCUT2D eigenvalue weighted by Crippen LogP contribution is -2.41. The number of aliphatic imine (C=N–C) groups is 1. The fourth-order valence-electron chi connectivity index (χ4n) is 3.54. The van der Waals surface area contributed by atoms with Gasteiger partial charge in [-0.2, -0.15) is 4.39 Å². The second-order valence-electron chi connectivity index (χ2n) is 6.91. The van der Waals surface area contributed by atoms with E-state index in [1.807, 2.05) is 0 Å². The molecule has 0 bridgehead atoms. The van der Waals surface area contributed by atoms with Crippen LogP contribution in [0.1, 0.15) is 16.7 Å². The van der Waals surface area contributed by atoms with Crippen LogP contribution in [0.15, 0.2) is 53.9 Å². The van der Waals surface area contributed by atoms with Crippen molar-refractivity contribution in [2.45, 2.75) is 12.2 Å². The van der Waals surface area contributed by atoms with E-state index in [2.05, 4.69) is 15.0 Å². The number of pyridine rings is 2. The summed E-state index contributed by atoms with van der Waals surface area (Å²) in [6, 6.07) is 5.47. The van der Waals surface area contributed by atoms with Crippen LogP contribution in [0, 0.1) is 17.6 Å². The monoisotopic (exact) mass is 429 g/mol. The highest BCUT2D eigenvalue weighted by Crippen LogP contribution is 2.42. The summed E-state index contributed by atoms with van der Waals surface area (Å²) in [6.07, 6.45) is 3.64. The quantitative estimate of drug-likeness (QED) is 0.510. The molecule has 4 rings (SSSR count). The second kappa shape index (κ2) is 7.46. The Morgan fingerprint density at radius 1 is 1.10 bits per heavy atom. The van der Waals surface area contributed by atoms with Crippen molar-refractivity contribution in [1.29, 1.82) is 0 Å². The van der Waals surface area contributed by atoms with Crippen molar-refractivity contribution in [2.24, 2.45) is 10.7 Å². The highest BCUT2D eigenvalue weighted by atomic mass is 19.1. The van der Waals surface area contributed by atoms with Gasteiger partial charge >= 0.3 is 0 Å². The Bertz CT molecular complexity index is 1230. The van der Waals surface area contributed by atoms with E-state index in [1.54, 1.807) is 0 Å². The summed E-state index contributed by atoms with van der Waals surface area (Å²) in [5, 5.41) is 0. The summed E-state index contributed by atoms with van der Waals surface area (Å²) >= 11 is 0. The van der Waals surface area contributed by atoms with E-state index >= 15 is 4.39 Å². The first-order valence-electron chi connectivity index (χ1n) is 9.04. The van der Waals surface area contributed by atoms with Gasteiger partial charge in [-0.3, -0.25) is 14.7 Å². The van der Waals surface area contributed by atoms with Crippen molar-refractivity contribution in [3.8, 4) is 11.1 Å². The van der Waals surface area contributed by atoms with E-state index in [0.717, 1.165) is 11.0 Å². The number of carbonyl (C=O) groups excluding carboxylic acids is 1. The van der Waals surface area contributed by atoms with Crippen molar-refractivity contribution < 1.29 is 22.4 Å². The average Bonchev–Trinajstić information content (AvgIpc) is 2.99. The van der Waals surface area contributed by atoms with Crippen LogP contribution in [0.25, 0.3) is 11.1 Å². The Balaban J connectivity index is 2.05. The highest BCUT2D eigenvalue weighted by molar-refractivity contribution is 6.09. The van der Waals surface area contributed by atoms with Gasteiger partial charge in [0.05, 0.1) is 0 Å². The molecular formula is C21H15F4N5O. The molecule has 0 saturated heterocycles. The Morgan fingerprint density at radius 2 is 1.87 bits per heavy atom. The number of alkyl halides is 1. The maximum absolute atomic E-state index is 15.1. The zero-order valence-corrected chi connectivity index (χ0v) is 16.1. The largest absolute Gasteiger partial charge is 0.369 e. The molecule has 6 nitrogen and oxygen atoms in total. The summed E-state index contributed by atoms with van der Waals surface area (Å²) in [6.45, 7) is -0.891. The van der Waals surface area contributed by atoms with Gasteiger partial charge in [0.1, 0.15) is 18.3 Å². The summed E-state index contributed by atoms with van der Waals surface area (Å²) in [4.78, 5) is 25.8. The Morgan fingerprint density at radius 3 is 2.52 bits per heavy atom. The number of nitrogens with two attached hydrogens (primary N) is 1. The molecule has 1 aliphatic rings. The van der Waals surface area contributed by atoms with Gasteiger partial charge in [0, 0.05) is 59.5 Å². The number of guanidine groups is 1. The third-order valence-electron chi connectivity index (χ3n) is 5.10. The first kappa shape index (κ1) is 20.5. The molecule has 31 heavy (non-hydrogen) atoms. The highest BCUT2D eigenvalue weighted by Gasteiger charge is 2.51. The van der Waals surface area contributed by atoms with Crippen LogP contribution in [0.5, 0.6) is 0 Å². The number of rotatable bonds is 4. The molecule has 3 heterocycles. The second-order valence-corrected chi connectivity index (χ2v) is 6.91. The van der Waals surface area contributed by atoms with Crippen LogP contribution < -0.4 is 5.73 Å². The number of amides is 1. The molecule has 1 amide bonds. The van der Waals surface area contributed by atoms with Crippen molar-refractivity contribution in [3.05, 3.63) is 83.2 Å². The number of aromatic nitrogens is 2. The first-order chi connectivity index (χ1) is 14.8. The van der Waals surface area contributed by atoms with Gasteiger partial charge in [-0.25, -0.2) is 23.1 Å². The SMILES string of the molecule is CN1C(=O)C(c2cncc(CF)c2)(c2cc(-c3cccnc3F)c(F)cc2F)N=C1N. The van der Waals surface area contributed by atoms with Gasteiger partial charge in [0.25, 0.3) is 5.91 Å². The van der Waals surface area contributed by atoms with E-state index in [0.29, 0.717) is 6.07 Å². The minimum Gasteiger partial charge on any atom is -0.369 e. The Labute approximate surface area is 174 Å². The lowest BCUT2D eigenvalue weighted by atomic mass is 9.81. The minimum atomic E-state index is -2.10. The fraction of sp³-hybridized carbons (Fsp3) is 0.143. The van der Waals surface area contributed by atoms with E-state index in [-0.39, 0.29) is 33.8 Å². The van der Waals surface area contributed by atoms with Gasteiger partial charge in [0.2, 0.25) is 5.95 Å². The standard InChI is InChI=1S/C21H15F4N5O/c1-30-19(31)21(29-20(30)26,12-5-11(8-22)9-27-10-12)15-6-14(16(23)7-17(15)24)13-3-2-4-28-18(13)25/h2-7,9-10H,8H2,1H3,(H2,26,29).